The Morgan fingerprint density at radius 1 is 1.11 bits per heavy atom. The Bertz CT molecular complexity index is 1270. The summed E-state index contributed by atoms with van der Waals surface area (Å²) in [5.41, 5.74) is 8.44. The number of amides is 1. The van der Waals surface area contributed by atoms with Crippen LogP contribution in [0.2, 0.25) is 0 Å². The van der Waals surface area contributed by atoms with Gasteiger partial charge >= 0.3 is 0 Å². The molecule has 2 aliphatic rings. The molecule has 1 aliphatic heterocycles. The summed E-state index contributed by atoms with van der Waals surface area (Å²) in [6.07, 6.45) is 4.73. The maximum atomic E-state index is 13.5. The van der Waals surface area contributed by atoms with Gasteiger partial charge in [-0.2, -0.15) is 5.10 Å². The number of hydrogen-bond acceptors (Lipinski definition) is 4. The van der Waals surface area contributed by atoms with Gasteiger partial charge < -0.3 is 10.1 Å². The zero-order valence-corrected chi connectivity index (χ0v) is 19.7. The highest BCUT2D eigenvalue weighted by Gasteiger charge is 2.38. The third-order valence-electron chi connectivity index (χ3n) is 6.92. The van der Waals surface area contributed by atoms with Crippen molar-refractivity contribution in [3.8, 4) is 0 Å². The van der Waals surface area contributed by atoms with Crippen LogP contribution in [0.15, 0.2) is 90.0 Å². The Balaban J connectivity index is 1.36. The molecule has 1 amide bonds. The van der Waals surface area contributed by atoms with Gasteiger partial charge in [0.1, 0.15) is 5.82 Å². The van der Waals surface area contributed by atoms with Crippen LogP contribution in [0.3, 0.4) is 0 Å². The van der Waals surface area contributed by atoms with Crippen molar-refractivity contribution >= 4 is 17.3 Å². The molecule has 4 atom stereocenters. The first-order chi connectivity index (χ1) is 17.0. The lowest BCUT2D eigenvalue weighted by atomic mass is 9.76. The lowest BCUT2D eigenvalue weighted by Gasteiger charge is -2.37. The minimum atomic E-state index is -0.728. The summed E-state index contributed by atoms with van der Waals surface area (Å²) in [4.78, 5) is 12.7. The second kappa shape index (κ2) is 9.84. The Labute approximate surface area is 204 Å². The normalized spacial score (nSPS) is 21.6. The van der Waals surface area contributed by atoms with Crippen LogP contribution in [0.5, 0.6) is 0 Å². The highest BCUT2D eigenvalue weighted by atomic mass is 19.1. The molecular weight excluding hydrogens is 441 g/mol. The van der Waals surface area contributed by atoms with Crippen molar-refractivity contribution in [2.24, 2.45) is 11.0 Å². The highest BCUT2D eigenvalue weighted by Crippen LogP contribution is 2.49. The average molecular weight is 470 g/mol. The topological polar surface area (TPSA) is 62.7 Å². The molecule has 0 unspecified atom stereocenters. The second-order valence-electron chi connectivity index (χ2n) is 9.03. The maximum Gasteiger partial charge on any atom is 0.273 e. The predicted molar refractivity (Wildman–Crippen MR) is 136 cm³/mol. The van der Waals surface area contributed by atoms with Gasteiger partial charge in [0.15, 0.2) is 6.10 Å². The van der Waals surface area contributed by atoms with Crippen LogP contribution in [0, 0.1) is 11.7 Å². The molecule has 6 heteroatoms. The second-order valence-corrected chi connectivity index (χ2v) is 9.03. The standard InChI is InChI=1S/C29H28FN3O2/c1-18(32-33-29(34)28(35-2)20-7-4-3-5-8-20)21-13-16-26-25(17-21)23-9-6-10-24(23)27(31-26)19-11-14-22(30)15-12-19/h3-9,11-17,23-24,27-28,31H,10H2,1-2H3,(H,33,34)/b32-18-/t23-,24+,27+,28-/m1/s1. The Kier molecular flexibility index (Phi) is 6.47. The van der Waals surface area contributed by atoms with E-state index in [0.29, 0.717) is 11.6 Å². The molecule has 1 heterocycles. The molecule has 0 radical (unpaired) electrons. The summed E-state index contributed by atoms with van der Waals surface area (Å²) in [5, 5.41) is 8.03. The van der Waals surface area contributed by atoms with Gasteiger partial charge in [0.05, 0.1) is 11.8 Å². The number of fused-ring (bicyclic) bond motifs is 3. The van der Waals surface area contributed by atoms with Crippen LogP contribution in [0.4, 0.5) is 10.1 Å². The van der Waals surface area contributed by atoms with Gasteiger partial charge in [-0.25, -0.2) is 9.82 Å². The number of rotatable bonds is 6. The van der Waals surface area contributed by atoms with Crippen molar-refractivity contribution in [2.45, 2.75) is 31.4 Å². The van der Waals surface area contributed by atoms with Gasteiger partial charge in [-0.15, -0.1) is 0 Å². The van der Waals surface area contributed by atoms with Crippen LogP contribution < -0.4 is 10.7 Å². The number of benzene rings is 3. The van der Waals surface area contributed by atoms with Crippen LogP contribution in [-0.4, -0.2) is 18.7 Å². The molecule has 5 nitrogen and oxygen atoms in total. The van der Waals surface area contributed by atoms with Crippen LogP contribution in [-0.2, 0) is 9.53 Å². The third-order valence-corrected chi connectivity index (χ3v) is 6.92. The van der Waals surface area contributed by atoms with E-state index in [1.807, 2.05) is 55.5 Å². The molecule has 178 valence electrons. The van der Waals surface area contributed by atoms with E-state index in [9.17, 15) is 9.18 Å². The SMILES string of the molecule is CO[C@@H](C(=O)N/N=C(/C)c1ccc2c(c1)[C@@H]1C=CC[C@@H]1[C@H](c1ccc(F)cc1)N2)c1ccccc1. The zero-order chi connectivity index (χ0) is 24.4. The van der Waals surface area contributed by atoms with E-state index in [0.717, 1.165) is 28.8 Å². The van der Waals surface area contributed by atoms with Gasteiger partial charge in [0.2, 0.25) is 0 Å². The van der Waals surface area contributed by atoms with E-state index in [4.69, 9.17) is 4.74 Å². The number of carbonyl (C=O) groups excluding carboxylic acids is 1. The maximum absolute atomic E-state index is 13.5. The first-order valence-electron chi connectivity index (χ1n) is 11.8. The first kappa shape index (κ1) is 23.0. The van der Waals surface area contributed by atoms with Crippen molar-refractivity contribution in [1.29, 1.82) is 0 Å². The highest BCUT2D eigenvalue weighted by molar-refractivity contribution is 6.00. The number of hydrogen-bond donors (Lipinski definition) is 2. The van der Waals surface area contributed by atoms with E-state index >= 15 is 0 Å². The van der Waals surface area contributed by atoms with Gasteiger partial charge in [0, 0.05) is 18.7 Å². The van der Waals surface area contributed by atoms with Crippen molar-refractivity contribution in [1.82, 2.24) is 5.43 Å². The molecule has 0 bridgehead atoms. The molecule has 0 saturated carbocycles. The molecule has 3 aromatic carbocycles. The Morgan fingerprint density at radius 3 is 2.63 bits per heavy atom. The number of nitrogens with one attached hydrogen (secondary N) is 2. The largest absolute Gasteiger partial charge is 0.378 e. The van der Waals surface area contributed by atoms with E-state index < -0.39 is 6.10 Å². The zero-order valence-electron chi connectivity index (χ0n) is 19.7. The van der Waals surface area contributed by atoms with Crippen molar-refractivity contribution in [3.63, 3.8) is 0 Å². The molecule has 3 aromatic rings. The number of ether oxygens (including phenoxy) is 1. The summed E-state index contributed by atoms with van der Waals surface area (Å²) >= 11 is 0. The van der Waals surface area contributed by atoms with Gasteiger partial charge in [-0.3, -0.25) is 4.79 Å². The monoisotopic (exact) mass is 469 g/mol. The summed E-state index contributed by atoms with van der Waals surface area (Å²) < 4.78 is 18.9. The smallest absolute Gasteiger partial charge is 0.273 e. The molecule has 0 spiro atoms. The number of anilines is 1. The predicted octanol–water partition coefficient (Wildman–Crippen LogP) is 5.88. The number of nitrogens with zero attached hydrogens (tertiary/aromatic N) is 1. The number of allylic oxidation sites excluding steroid dienone is 2. The number of halogens is 1. The quantitative estimate of drug-likeness (QED) is 0.269. The molecule has 2 N–H and O–H groups in total. The van der Waals surface area contributed by atoms with Crippen LogP contribution >= 0.6 is 0 Å². The fraction of sp³-hybridized carbons (Fsp3) is 0.241. The molecule has 0 aromatic heterocycles. The number of methoxy groups -OCH3 is 1. The summed E-state index contributed by atoms with van der Waals surface area (Å²) in [6, 6.07) is 22.4. The average Bonchev–Trinajstić information content (AvgIpc) is 3.39. The minimum Gasteiger partial charge on any atom is -0.378 e. The van der Waals surface area contributed by atoms with Gasteiger partial charge in [0.25, 0.3) is 5.91 Å². The summed E-state index contributed by atoms with van der Waals surface area (Å²) in [7, 11) is 1.51. The summed E-state index contributed by atoms with van der Waals surface area (Å²) in [5.74, 6) is 0.0739. The lowest BCUT2D eigenvalue weighted by Crippen LogP contribution is -2.29. The molecule has 0 fully saturated rings. The van der Waals surface area contributed by atoms with Crippen LogP contribution in [0.1, 0.15) is 53.7 Å². The minimum absolute atomic E-state index is 0.118. The molecule has 0 saturated heterocycles. The first-order valence-corrected chi connectivity index (χ1v) is 11.8. The lowest BCUT2D eigenvalue weighted by molar-refractivity contribution is -0.131. The van der Waals surface area contributed by atoms with E-state index in [1.54, 1.807) is 0 Å². The van der Waals surface area contributed by atoms with E-state index in [2.05, 4.69) is 40.1 Å². The summed E-state index contributed by atoms with van der Waals surface area (Å²) in [6.45, 7) is 1.88. The Morgan fingerprint density at radius 2 is 1.89 bits per heavy atom. The third kappa shape index (κ3) is 4.62. The number of hydrazone groups is 1. The molecular formula is C29H28FN3O2. The fourth-order valence-electron chi connectivity index (χ4n) is 5.10. The van der Waals surface area contributed by atoms with Gasteiger partial charge in [-0.1, -0.05) is 60.7 Å². The van der Waals surface area contributed by atoms with Crippen molar-refractivity contribution < 1.29 is 13.9 Å². The van der Waals surface area contributed by atoms with Crippen LogP contribution in [0.25, 0.3) is 0 Å². The fourth-order valence-corrected chi connectivity index (χ4v) is 5.10. The molecule has 5 rings (SSSR count). The van der Waals surface area contributed by atoms with E-state index in [-0.39, 0.29) is 23.7 Å². The van der Waals surface area contributed by atoms with Crippen molar-refractivity contribution in [2.75, 3.05) is 12.4 Å². The van der Waals surface area contributed by atoms with Gasteiger partial charge in [-0.05, 0) is 65.8 Å². The Hall–Kier alpha value is -3.77. The van der Waals surface area contributed by atoms with E-state index in [1.165, 1.54) is 24.8 Å². The number of carbonyl (C=O) groups is 1. The molecule has 1 aliphatic carbocycles. The molecule has 35 heavy (non-hydrogen) atoms. The van der Waals surface area contributed by atoms with Crippen molar-refractivity contribution in [3.05, 3.63) is 113 Å².